The predicted octanol–water partition coefficient (Wildman–Crippen LogP) is 3.91. The monoisotopic (exact) mass is 345 g/mol. The average Bonchev–Trinajstić information content (AvgIpc) is 3.25. The molecule has 0 amide bonds. The van der Waals surface area contributed by atoms with Gasteiger partial charge in [0.2, 0.25) is 5.16 Å². The van der Waals surface area contributed by atoms with Gasteiger partial charge in [-0.25, -0.2) is 4.98 Å². The Morgan fingerprint density at radius 3 is 2.74 bits per heavy atom. The van der Waals surface area contributed by atoms with Gasteiger partial charge in [0.05, 0.1) is 17.2 Å². The van der Waals surface area contributed by atoms with Crippen LogP contribution in [0.15, 0.2) is 46.9 Å². The van der Waals surface area contributed by atoms with Crippen molar-refractivity contribution in [2.45, 2.75) is 17.3 Å². The van der Waals surface area contributed by atoms with Crippen molar-refractivity contribution in [1.82, 2.24) is 15.2 Å². The fourth-order valence-corrected chi connectivity index (χ4v) is 3.49. The summed E-state index contributed by atoms with van der Waals surface area (Å²) in [7, 11) is 1.60. The summed E-state index contributed by atoms with van der Waals surface area (Å²) in [5, 5.41) is 9.38. The van der Waals surface area contributed by atoms with E-state index in [1.807, 2.05) is 24.4 Å². The van der Waals surface area contributed by atoms with Gasteiger partial charge in [-0.05, 0) is 42.6 Å². The highest BCUT2D eigenvalue weighted by molar-refractivity contribution is 8.00. The number of ketones is 1. The van der Waals surface area contributed by atoms with Gasteiger partial charge in [0.25, 0.3) is 0 Å². The number of aromatic nitrogens is 3. The van der Waals surface area contributed by atoms with E-state index in [-0.39, 0.29) is 11.0 Å². The number of rotatable bonds is 6. The largest absolute Gasteiger partial charge is 0.497 e. The molecule has 5 nitrogen and oxygen atoms in total. The number of Topliss-reactive ketones (excluding diaryl/α,β-unsaturated/α-hetero) is 1. The number of hydrogen-bond donors (Lipinski definition) is 1. The second-order valence-electron chi connectivity index (χ2n) is 4.80. The molecule has 0 fully saturated rings. The summed E-state index contributed by atoms with van der Waals surface area (Å²) < 4.78 is 5.10. The zero-order valence-electron chi connectivity index (χ0n) is 12.6. The third kappa shape index (κ3) is 3.62. The van der Waals surface area contributed by atoms with E-state index in [0.29, 0.717) is 10.7 Å². The summed E-state index contributed by atoms with van der Waals surface area (Å²) in [5.41, 5.74) is 0.653. The number of benzene rings is 1. The molecule has 0 aliphatic carbocycles. The normalized spacial score (nSPS) is 12.1. The fourth-order valence-electron chi connectivity index (χ4n) is 2.02. The molecule has 0 unspecified atom stereocenters. The number of hydrogen-bond acceptors (Lipinski definition) is 6. The van der Waals surface area contributed by atoms with Crippen LogP contribution in [0.4, 0.5) is 0 Å². The molecule has 0 spiro atoms. The molecule has 0 saturated carbocycles. The minimum absolute atomic E-state index is 0.0418. The van der Waals surface area contributed by atoms with E-state index >= 15 is 0 Å². The van der Waals surface area contributed by atoms with E-state index < -0.39 is 0 Å². The predicted molar refractivity (Wildman–Crippen MR) is 92.3 cm³/mol. The molecule has 3 rings (SSSR count). The zero-order chi connectivity index (χ0) is 16.2. The summed E-state index contributed by atoms with van der Waals surface area (Å²) in [6, 6.07) is 11.1. The Morgan fingerprint density at radius 1 is 1.30 bits per heavy atom. The Hall–Kier alpha value is -2.12. The Balaban J connectivity index is 1.68. The van der Waals surface area contributed by atoms with E-state index in [2.05, 4.69) is 15.2 Å². The van der Waals surface area contributed by atoms with Gasteiger partial charge < -0.3 is 4.74 Å². The molecular weight excluding hydrogens is 330 g/mol. The van der Waals surface area contributed by atoms with E-state index in [1.54, 1.807) is 42.7 Å². The molecule has 0 aliphatic heterocycles. The number of ether oxygens (including phenoxy) is 1. The maximum absolute atomic E-state index is 12.5. The molecule has 2 aromatic heterocycles. The second kappa shape index (κ2) is 6.97. The van der Waals surface area contributed by atoms with Crippen LogP contribution in [0.25, 0.3) is 10.7 Å². The van der Waals surface area contributed by atoms with Crippen molar-refractivity contribution < 1.29 is 9.53 Å². The summed E-state index contributed by atoms with van der Waals surface area (Å²) in [4.78, 5) is 17.9. The topological polar surface area (TPSA) is 67.9 Å². The first-order chi connectivity index (χ1) is 11.2. The number of carbonyl (C=O) groups excluding carboxylic acids is 1. The lowest BCUT2D eigenvalue weighted by molar-refractivity contribution is 0.0994. The van der Waals surface area contributed by atoms with Gasteiger partial charge in [-0.3, -0.25) is 9.89 Å². The van der Waals surface area contributed by atoms with Gasteiger partial charge in [0.15, 0.2) is 11.6 Å². The van der Waals surface area contributed by atoms with Gasteiger partial charge in [-0.2, -0.15) is 0 Å². The lowest BCUT2D eigenvalue weighted by Gasteiger charge is -2.08. The van der Waals surface area contributed by atoms with Crippen LogP contribution in [0.5, 0.6) is 5.75 Å². The van der Waals surface area contributed by atoms with Crippen LogP contribution in [0.1, 0.15) is 17.3 Å². The Kier molecular flexibility index (Phi) is 4.78. The van der Waals surface area contributed by atoms with Crippen molar-refractivity contribution in [3.8, 4) is 16.5 Å². The molecule has 3 aromatic rings. The number of H-pyrrole nitrogens is 1. The van der Waals surface area contributed by atoms with Crippen LogP contribution >= 0.6 is 23.1 Å². The third-order valence-corrected chi connectivity index (χ3v) is 5.08. The van der Waals surface area contributed by atoms with Gasteiger partial charge in [-0.15, -0.1) is 16.4 Å². The van der Waals surface area contributed by atoms with Crippen LogP contribution in [-0.4, -0.2) is 33.3 Å². The third-order valence-electron chi connectivity index (χ3n) is 3.25. The Morgan fingerprint density at radius 2 is 2.09 bits per heavy atom. The molecule has 1 atom stereocenters. The summed E-state index contributed by atoms with van der Waals surface area (Å²) in [6.45, 7) is 1.86. The first-order valence-corrected chi connectivity index (χ1v) is 8.74. The van der Waals surface area contributed by atoms with Gasteiger partial charge >= 0.3 is 0 Å². The maximum Gasteiger partial charge on any atom is 0.209 e. The Labute approximate surface area is 142 Å². The molecule has 2 heterocycles. The van der Waals surface area contributed by atoms with E-state index in [1.165, 1.54) is 11.8 Å². The zero-order valence-corrected chi connectivity index (χ0v) is 14.3. The van der Waals surface area contributed by atoms with Crippen molar-refractivity contribution in [3.05, 3.63) is 47.3 Å². The molecule has 0 radical (unpaired) electrons. The molecule has 0 bridgehead atoms. The molecule has 0 aliphatic rings. The smallest absolute Gasteiger partial charge is 0.209 e. The van der Waals surface area contributed by atoms with Crippen molar-refractivity contribution in [2.75, 3.05) is 7.11 Å². The van der Waals surface area contributed by atoms with Crippen LogP contribution in [0.2, 0.25) is 0 Å². The fraction of sp³-hybridized carbons (Fsp3) is 0.188. The van der Waals surface area contributed by atoms with Crippen molar-refractivity contribution in [1.29, 1.82) is 0 Å². The maximum atomic E-state index is 12.5. The average molecular weight is 345 g/mol. The van der Waals surface area contributed by atoms with Gasteiger partial charge in [0.1, 0.15) is 5.75 Å². The number of thioether (sulfide) groups is 1. The van der Waals surface area contributed by atoms with Crippen molar-refractivity contribution in [2.24, 2.45) is 0 Å². The number of methoxy groups -OCH3 is 1. The van der Waals surface area contributed by atoms with E-state index in [9.17, 15) is 4.79 Å². The van der Waals surface area contributed by atoms with E-state index in [0.717, 1.165) is 16.5 Å². The van der Waals surface area contributed by atoms with E-state index in [4.69, 9.17) is 4.74 Å². The van der Waals surface area contributed by atoms with Crippen LogP contribution < -0.4 is 4.74 Å². The number of nitrogens with one attached hydrogen (secondary N) is 1. The number of aromatic amines is 1. The standard InChI is InChI=1S/C16H15N3O2S2/c1-10(14(20)11-5-7-12(21-2)8-6-11)23-16-17-15(18-19-16)13-4-3-9-22-13/h3-10H,1-2H3,(H,17,18,19)/t10-/m1/s1. The molecule has 1 N–H and O–H groups in total. The molecule has 23 heavy (non-hydrogen) atoms. The number of carbonyl (C=O) groups is 1. The number of nitrogens with zero attached hydrogens (tertiary/aromatic N) is 2. The lowest BCUT2D eigenvalue weighted by atomic mass is 10.1. The minimum atomic E-state index is -0.268. The molecular formula is C16H15N3O2S2. The van der Waals surface area contributed by atoms with Gasteiger partial charge in [0, 0.05) is 5.56 Å². The molecule has 0 saturated heterocycles. The molecule has 7 heteroatoms. The first kappa shape index (κ1) is 15.8. The Bertz CT molecular complexity index is 782. The highest BCUT2D eigenvalue weighted by Crippen LogP contribution is 2.27. The SMILES string of the molecule is COc1ccc(C(=O)[C@@H](C)Sc2n[nH]c(-c3cccs3)n2)cc1. The summed E-state index contributed by atoms with van der Waals surface area (Å²) in [6.07, 6.45) is 0. The van der Waals surface area contributed by atoms with Crippen LogP contribution in [0.3, 0.4) is 0 Å². The lowest BCUT2D eigenvalue weighted by Crippen LogP contribution is -2.13. The molecule has 1 aromatic carbocycles. The van der Waals surface area contributed by atoms with Crippen LogP contribution in [0, 0.1) is 0 Å². The minimum Gasteiger partial charge on any atom is -0.497 e. The first-order valence-electron chi connectivity index (χ1n) is 6.98. The van der Waals surface area contributed by atoms with Crippen molar-refractivity contribution >= 4 is 28.9 Å². The van der Waals surface area contributed by atoms with Crippen LogP contribution in [-0.2, 0) is 0 Å². The second-order valence-corrected chi connectivity index (χ2v) is 7.05. The molecule has 118 valence electrons. The van der Waals surface area contributed by atoms with Crippen molar-refractivity contribution in [3.63, 3.8) is 0 Å². The quantitative estimate of drug-likeness (QED) is 0.542. The highest BCUT2D eigenvalue weighted by Gasteiger charge is 2.19. The summed E-state index contributed by atoms with van der Waals surface area (Å²) >= 11 is 2.94. The number of thiophene rings is 1. The van der Waals surface area contributed by atoms with Gasteiger partial charge in [-0.1, -0.05) is 17.8 Å². The summed E-state index contributed by atoms with van der Waals surface area (Å²) in [5.74, 6) is 1.50. The highest BCUT2D eigenvalue weighted by atomic mass is 32.2.